The van der Waals surface area contributed by atoms with E-state index >= 15 is 0 Å². The molecule has 2 aliphatic rings. The summed E-state index contributed by atoms with van der Waals surface area (Å²) in [6.45, 7) is 5.40. The third kappa shape index (κ3) is 3.97. The molecule has 0 aromatic rings. The maximum absolute atomic E-state index is 13.1. The molecule has 6 heteroatoms. The van der Waals surface area contributed by atoms with E-state index in [-0.39, 0.29) is 18.1 Å². The Morgan fingerprint density at radius 3 is 2.38 bits per heavy atom. The van der Waals surface area contributed by atoms with Crippen LogP contribution >= 0.6 is 0 Å². The third-order valence-electron chi connectivity index (χ3n) is 4.93. The molecule has 124 valence electrons. The van der Waals surface area contributed by atoms with E-state index < -0.39 is 10.2 Å². The molecule has 5 nitrogen and oxygen atoms in total. The minimum Gasteiger partial charge on any atom is -0.328 e. The second-order valence-corrected chi connectivity index (χ2v) is 8.48. The molecule has 2 rings (SSSR count). The summed E-state index contributed by atoms with van der Waals surface area (Å²) in [5, 5.41) is 0. The van der Waals surface area contributed by atoms with Gasteiger partial charge in [0.05, 0.1) is 0 Å². The van der Waals surface area contributed by atoms with Crippen LogP contribution in [-0.2, 0) is 10.2 Å². The van der Waals surface area contributed by atoms with Gasteiger partial charge in [0.15, 0.2) is 0 Å². The molecule has 0 aromatic carbocycles. The average Bonchev–Trinajstić information content (AvgIpc) is 2.46. The molecule has 0 aromatic heterocycles. The van der Waals surface area contributed by atoms with E-state index in [0.29, 0.717) is 13.1 Å². The summed E-state index contributed by atoms with van der Waals surface area (Å²) in [6.07, 6.45) is 7.66. The summed E-state index contributed by atoms with van der Waals surface area (Å²) in [7, 11) is -3.33. The van der Waals surface area contributed by atoms with E-state index in [2.05, 4.69) is 6.92 Å². The van der Waals surface area contributed by atoms with Crippen molar-refractivity contribution in [3.63, 3.8) is 0 Å². The van der Waals surface area contributed by atoms with Gasteiger partial charge in [0.25, 0.3) is 10.2 Å². The minimum atomic E-state index is -3.33. The molecular formula is C15H31N3O2S. The fourth-order valence-electron chi connectivity index (χ4n) is 3.65. The fourth-order valence-corrected chi connectivity index (χ4v) is 5.84. The Hall–Kier alpha value is -0.170. The number of nitrogens with zero attached hydrogens (tertiary/aromatic N) is 2. The Morgan fingerprint density at radius 2 is 1.81 bits per heavy atom. The predicted octanol–water partition coefficient (Wildman–Crippen LogP) is 2.09. The van der Waals surface area contributed by atoms with Crippen molar-refractivity contribution in [1.82, 2.24) is 8.61 Å². The summed E-state index contributed by atoms with van der Waals surface area (Å²) < 4.78 is 29.7. The molecule has 1 aliphatic heterocycles. The van der Waals surface area contributed by atoms with Crippen LogP contribution in [0, 0.1) is 0 Å². The van der Waals surface area contributed by atoms with E-state index in [4.69, 9.17) is 5.73 Å². The molecule has 21 heavy (non-hydrogen) atoms. The number of hydrogen-bond donors (Lipinski definition) is 1. The van der Waals surface area contributed by atoms with Gasteiger partial charge in [-0.15, -0.1) is 0 Å². The highest BCUT2D eigenvalue weighted by atomic mass is 32.2. The molecule has 0 amide bonds. The van der Waals surface area contributed by atoms with E-state index in [1.165, 1.54) is 0 Å². The van der Waals surface area contributed by atoms with Crippen molar-refractivity contribution in [2.75, 3.05) is 13.1 Å². The van der Waals surface area contributed by atoms with Crippen LogP contribution in [0.5, 0.6) is 0 Å². The minimum absolute atomic E-state index is 0.133. The lowest BCUT2D eigenvalue weighted by Gasteiger charge is -2.41. The van der Waals surface area contributed by atoms with E-state index in [1.807, 2.05) is 6.92 Å². The van der Waals surface area contributed by atoms with Crippen molar-refractivity contribution in [1.29, 1.82) is 0 Å². The molecule has 1 atom stereocenters. The molecule has 1 saturated carbocycles. The third-order valence-corrected chi connectivity index (χ3v) is 7.14. The lowest BCUT2D eigenvalue weighted by atomic mass is 9.92. The highest BCUT2D eigenvalue weighted by molar-refractivity contribution is 7.86. The van der Waals surface area contributed by atoms with Gasteiger partial charge in [-0.05, 0) is 51.9 Å². The first-order chi connectivity index (χ1) is 9.96. The van der Waals surface area contributed by atoms with Gasteiger partial charge >= 0.3 is 0 Å². The summed E-state index contributed by atoms with van der Waals surface area (Å²) in [5.41, 5.74) is 5.97. The van der Waals surface area contributed by atoms with E-state index in [9.17, 15) is 8.42 Å². The number of nitrogens with two attached hydrogens (primary N) is 1. The number of hydrogen-bond acceptors (Lipinski definition) is 3. The Balaban J connectivity index is 2.15. The first-order valence-corrected chi connectivity index (χ1v) is 9.90. The molecule has 2 N–H and O–H groups in total. The van der Waals surface area contributed by atoms with Gasteiger partial charge in [-0.25, -0.2) is 0 Å². The van der Waals surface area contributed by atoms with Crippen LogP contribution in [-0.4, -0.2) is 48.2 Å². The van der Waals surface area contributed by atoms with E-state index in [0.717, 1.165) is 51.4 Å². The average molecular weight is 317 g/mol. The standard InChI is InChI=1S/C15H31N3O2S/c1-3-11-18(15-9-7-14(16)8-10-15)21(19,20)17-12-5-4-6-13(17)2/h13-15H,3-12,16H2,1-2H3. The monoisotopic (exact) mass is 317 g/mol. The van der Waals surface area contributed by atoms with Crippen molar-refractivity contribution in [3.8, 4) is 0 Å². The van der Waals surface area contributed by atoms with Crippen molar-refractivity contribution in [2.45, 2.75) is 83.3 Å². The molecule has 1 aliphatic carbocycles. The van der Waals surface area contributed by atoms with Crippen LogP contribution in [0.4, 0.5) is 0 Å². The number of piperidine rings is 1. The van der Waals surface area contributed by atoms with Crippen LogP contribution in [0.3, 0.4) is 0 Å². The van der Waals surface area contributed by atoms with Crippen LogP contribution in [0.1, 0.15) is 65.2 Å². The predicted molar refractivity (Wildman–Crippen MR) is 86.2 cm³/mol. The summed E-state index contributed by atoms with van der Waals surface area (Å²) in [6, 6.07) is 0.527. The Kier molecular flexibility index (Phi) is 6.05. The highest BCUT2D eigenvalue weighted by Crippen LogP contribution is 2.29. The smallest absolute Gasteiger partial charge is 0.282 e. The second kappa shape index (κ2) is 7.40. The van der Waals surface area contributed by atoms with Gasteiger partial charge in [0.1, 0.15) is 0 Å². The Labute approximate surface area is 130 Å². The van der Waals surface area contributed by atoms with Crippen molar-refractivity contribution in [3.05, 3.63) is 0 Å². The van der Waals surface area contributed by atoms with Gasteiger partial charge < -0.3 is 5.73 Å². The normalized spacial score (nSPS) is 32.5. The maximum atomic E-state index is 13.1. The summed E-state index contributed by atoms with van der Waals surface area (Å²) in [5.74, 6) is 0. The van der Waals surface area contributed by atoms with Crippen molar-refractivity contribution >= 4 is 10.2 Å². The Morgan fingerprint density at radius 1 is 1.14 bits per heavy atom. The topological polar surface area (TPSA) is 66.6 Å². The molecular weight excluding hydrogens is 286 g/mol. The Bertz CT molecular complexity index is 419. The second-order valence-electron chi connectivity index (χ2n) is 6.64. The summed E-state index contributed by atoms with van der Waals surface area (Å²) >= 11 is 0. The zero-order valence-corrected chi connectivity index (χ0v) is 14.3. The SMILES string of the molecule is CCCN(C1CCC(N)CC1)S(=O)(=O)N1CCCCC1C. The van der Waals surface area contributed by atoms with E-state index in [1.54, 1.807) is 8.61 Å². The summed E-state index contributed by atoms with van der Waals surface area (Å²) in [4.78, 5) is 0. The largest absolute Gasteiger partial charge is 0.328 e. The highest BCUT2D eigenvalue weighted by Gasteiger charge is 2.38. The molecule has 1 saturated heterocycles. The quantitative estimate of drug-likeness (QED) is 0.844. The van der Waals surface area contributed by atoms with Gasteiger partial charge in [-0.3, -0.25) is 0 Å². The zero-order chi connectivity index (χ0) is 15.5. The van der Waals surface area contributed by atoms with Crippen molar-refractivity contribution in [2.24, 2.45) is 5.73 Å². The molecule has 2 fully saturated rings. The van der Waals surface area contributed by atoms with Gasteiger partial charge in [-0.2, -0.15) is 17.0 Å². The van der Waals surface area contributed by atoms with Crippen LogP contribution in [0.15, 0.2) is 0 Å². The van der Waals surface area contributed by atoms with Crippen LogP contribution in [0.25, 0.3) is 0 Å². The number of rotatable bonds is 5. The van der Waals surface area contributed by atoms with Gasteiger partial charge in [0, 0.05) is 31.2 Å². The lowest BCUT2D eigenvalue weighted by Crippen LogP contribution is -2.54. The zero-order valence-electron chi connectivity index (χ0n) is 13.5. The lowest BCUT2D eigenvalue weighted by molar-refractivity contribution is 0.199. The molecule has 1 heterocycles. The molecule has 0 spiro atoms. The van der Waals surface area contributed by atoms with Crippen molar-refractivity contribution < 1.29 is 8.42 Å². The molecule has 0 bridgehead atoms. The first-order valence-electron chi connectivity index (χ1n) is 8.51. The molecule has 0 radical (unpaired) electrons. The molecule has 1 unspecified atom stereocenters. The fraction of sp³-hybridized carbons (Fsp3) is 1.00. The maximum Gasteiger partial charge on any atom is 0.282 e. The van der Waals surface area contributed by atoms with Crippen LogP contribution in [0.2, 0.25) is 0 Å². The van der Waals surface area contributed by atoms with Gasteiger partial charge in [-0.1, -0.05) is 13.3 Å². The first kappa shape index (κ1) is 17.2. The van der Waals surface area contributed by atoms with Crippen LogP contribution < -0.4 is 5.73 Å². The van der Waals surface area contributed by atoms with Gasteiger partial charge in [0.2, 0.25) is 0 Å².